The Hall–Kier alpha value is -2.24. The summed E-state index contributed by atoms with van der Waals surface area (Å²) >= 11 is 0. The number of nitrogens with zero attached hydrogens (tertiary/aromatic N) is 2. The molecule has 0 saturated heterocycles. The second-order valence-electron chi connectivity index (χ2n) is 6.57. The van der Waals surface area contributed by atoms with Gasteiger partial charge in [0.2, 0.25) is 6.10 Å². The fourth-order valence-corrected chi connectivity index (χ4v) is 3.20. The van der Waals surface area contributed by atoms with Crippen LogP contribution in [-0.2, 0) is 9.63 Å². The van der Waals surface area contributed by atoms with E-state index in [4.69, 9.17) is 14.3 Å². The molecule has 1 aliphatic carbocycles. The van der Waals surface area contributed by atoms with Crippen molar-refractivity contribution in [2.24, 2.45) is 5.16 Å². The molecular weight excluding hydrogens is 332 g/mol. The average molecular weight is 362 g/mol. The maximum absolute atomic E-state index is 12.5. The molecule has 1 saturated carbocycles. The smallest absolute Gasteiger partial charge is 0.266 e. The van der Waals surface area contributed by atoms with E-state index in [1.165, 1.54) is 19.3 Å². The van der Waals surface area contributed by atoms with Crippen LogP contribution in [0.2, 0.25) is 0 Å². The maximum atomic E-state index is 12.5. The summed E-state index contributed by atoms with van der Waals surface area (Å²) in [5, 5.41) is 3.97. The minimum Gasteiger partial charge on any atom is -0.493 e. The Labute approximate surface area is 156 Å². The van der Waals surface area contributed by atoms with E-state index in [1.54, 1.807) is 20.2 Å². The number of rotatable bonds is 8. The minimum absolute atomic E-state index is 0.0293. The lowest BCUT2D eigenvalue weighted by Crippen LogP contribution is -2.43. The molecule has 0 N–H and O–H groups in total. The van der Waals surface area contributed by atoms with E-state index in [2.05, 4.69) is 5.16 Å². The van der Waals surface area contributed by atoms with Gasteiger partial charge >= 0.3 is 0 Å². The highest BCUT2D eigenvalue weighted by Crippen LogP contribution is 2.27. The van der Waals surface area contributed by atoms with Gasteiger partial charge in [0, 0.05) is 18.7 Å². The second-order valence-corrected chi connectivity index (χ2v) is 6.57. The summed E-state index contributed by atoms with van der Waals surface area (Å²) in [5.41, 5.74) is 0.811. The van der Waals surface area contributed by atoms with E-state index in [1.807, 2.05) is 37.1 Å². The van der Waals surface area contributed by atoms with Crippen LogP contribution in [0.5, 0.6) is 11.5 Å². The number of benzene rings is 1. The Morgan fingerprint density at radius 3 is 2.69 bits per heavy atom. The molecule has 1 amide bonds. The molecule has 1 aromatic rings. The zero-order valence-corrected chi connectivity index (χ0v) is 16.2. The first-order valence-corrected chi connectivity index (χ1v) is 9.33. The normalized spacial score (nSPS) is 16.3. The second kappa shape index (κ2) is 10.0. The van der Waals surface area contributed by atoms with Gasteiger partial charge in [-0.05, 0) is 44.9 Å². The molecule has 144 valence electrons. The van der Waals surface area contributed by atoms with Crippen LogP contribution in [0.3, 0.4) is 0 Å². The summed E-state index contributed by atoms with van der Waals surface area (Å²) in [4.78, 5) is 19.7. The predicted molar refractivity (Wildman–Crippen MR) is 102 cm³/mol. The first-order chi connectivity index (χ1) is 12.6. The molecule has 0 aliphatic heterocycles. The van der Waals surface area contributed by atoms with E-state index < -0.39 is 6.10 Å². The lowest BCUT2D eigenvalue weighted by atomic mass is 9.94. The highest BCUT2D eigenvalue weighted by molar-refractivity contribution is 5.82. The van der Waals surface area contributed by atoms with Gasteiger partial charge in [0.15, 0.2) is 11.5 Å². The standard InChI is InChI=1S/C20H30N2O4/c1-5-25-18-12-11-16(13-19(18)24-4)14-21-26-15(2)20(23)22(3)17-9-7-6-8-10-17/h11-15,17H,5-10H2,1-4H3/b21-14+. The topological polar surface area (TPSA) is 60.4 Å². The summed E-state index contributed by atoms with van der Waals surface area (Å²) in [7, 11) is 3.45. The predicted octanol–water partition coefficient (Wildman–Crippen LogP) is 3.62. The molecule has 6 nitrogen and oxygen atoms in total. The Morgan fingerprint density at radius 2 is 2.04 bits per heavy atom. The van der Waals surface area contributed by atoms with Crippen molar-refractivity contribution in [3.8, 4) is 11.5 Å². The lowest BCUT2D eigenvalue weighted by molar-refractivity contribution is -0.144. The van der Waals surface area contributed by atoms with E-state index in [0.29, 0.717) is 24.1 Å². The van der Waals surface area contributed by atoms with Gasteiger partial charge < -0.3 is 19.2 Å². The molecule has 0 aromatic heterocycles. The van der Waals surface area contributed by atoms with Crippen LogP contribution < -0.4 is 9.47 Å². The fraction of sp³-hybridized carbons (Fsp3) is 0.600. The third-order valence-corrected chi connectivity index (χ3v) is 4.73. The average Bonchev–Trinajstić information content (AvgIpc) is 2.68. The molecule has 0 spiro atoms. The molecule has 6 heteroatoms. The van der Waals surface area contributed by atoms with E-state index in [0.717, 1.165) is 18.4 Å². The van der Waals surface area contributed by atoms with Crippen LogP contribution in [0, 0.1) is 0 Å². The van der Waals surface area contributed by atoms with Crippen LogP contribution in [0.4, 0.5) is 0 Å². The van der Waals surface area contributed by atoms with Crippen LogP contribution in [-0.4, -0.2) is 49.9 Å². The third-order valence-electron chi connectivity index (χ3n) is 4.73. The van der Waals surface area contributed by atoms with E-state index in [-0.39, 0.29) is 5.91 Å². The van der Waals surface area contributed by atoms with Crippen molar-refractivity contribution in [3.63, 3.8) is 0 Å². The SMILES string of the molecule is CCOc1ccc(/C=N/OC(C)C(=O)N(C)C2CCCCC2)cc1OC. The van der Waals surface area contributed by atoms with Gasteiger partial charge in [0.25, 0.3) is 5.91 Å². The number of ether oxygens (including phenoxy) is 2. The summed E-state index contributed by atoms with van der Waals surface area (Å²) in [5.74, 6) is 1.29. The number of hydrogen-bond acceptors (Lipinski definition) is 5. The van der Waals surface area contributed by atoms with Gasteiger partial charge in [-0.3, -0.25) is 4.79 Å². The number of carbonyl (C=O) groups is 1. The molecule has 0 bridgehead atoms. The van der Waals surface area contributed by atoms with Crippen LogP contribution in [0.15, 0.2) is 23.4 Å². The molecule has 1 fully saturated rings. The zero-order chi connectivity index (χ0) is 18.9. The summed E-state index contributed by atoms with van der Waals surface area (Å²) < 4.78 is 10.8. The summed E-state index contributed by atoms with van der Waals surface area (Å²) in [6.07, 6.45) is 6.75. The quantitative estimate of drug-likeness (QED) is 0.523. The molecule has 1 unspecified atom stereocenters. The van der Waals surface area contributed by atoms with Crippen molar-refractivity contribution < 1.29 is 19.1 Å². The van der Waals surface area contributed by atoms with Gasteiger partial charge in [-0.1, -0.05) is 24.4 Å². The first-order valence-electron chi connectivity index (χ1n) is 9.33. The van der Waals surface area contributed by atoms with Crippen molar-refractivity contribution in [2.45, 2.75) is 58.1 Å². The van der Waals surface area contributed by atoms with Gasteiger partial charge in [-0.2, -0.15) is 0 Å². The maximum Gasteiger partial charge on any atom is 0.266 e. The zero-order valence-electron chi connectivity index (χ0n) is 16.2. The van der Waals surface area contributed by atoms with Gasteiger partial charge in [0.05, 0.1) is 19.9 Å². The third kappa shape index (κ3) is 5.38. The van der Waals surface area contributed by atoms with Crippen molar-refractivity contribution in [1.82, 2.24) is 4.90 Å². The highest BCUT2D eigenvalue weighted by atomic mass is 16.6. The summed E-state index contributed by atoms with van der Waals surface area (Å²) in [6.45, 7) is 4.23. The minimum atomic E-state index is -0.609. The lowest BCUT2D eigenvalue weighted by Gasteiger charge is -2.32. The molecule has 0 radical (unpaired) electrons. The van der Waals surface area contributed by atoms with E-state index in [9.17, 15) is 4.79 Å². The van der Waals surface area contributed by atoms with Crippen molar-refractivity contribution in [3.05, 3.63) is 23.8 Å². The fourth-order valence-electron chi connectivity index (χ4n) is 3.20. The van der Waals surface area contributed by atoms with Gasteiger partial charge in [-0.15, -0.1) is 0 Å². The largest absolute Gasteiger partial charge is 0.493 e. The van der Waals surface area contributed by atoms with Crippen molar-refractivity contribution in [1.29, 1.82) is 0 Å². The Morgan fingerprint density at radius 1 is 1.31 bits per heavy atom. The number of likely N-dealkylation sites (N-methyl/N-ethyl adjacent to an activating group) is 1. The number of carbonyl (C=O) groups excluding carboxylic acids is 1. The highest BCUT2D eigenvalue weighted by Gasteiger charge is 2.26. The Bertz CT molecular complexity index is 612. The summed E-state index contributed by atoms with van der Waals surface area (Å²) in [6, 6.07) is 5.83. The number of oxime groups is 1. The molecule has 0 heterocycles. The van der Waals surface area contributed by atoms with Crippen LogP contribution >= 0.6 is 0 Å². The van der Waals surface area contributed by atoms with Gasteiger partial charge in [0.1, 0.15) is 0 Å². The van der Waals surface area contributed by atoms with Gasteiger partial charge in [-0.25, -0.2) is 0 Å². The molecule has 26 heavy (non-hydrogen) atoms. The molecule has 2 rings (SSSR count). The van der Waals surface area contributed by atoms with E-state index >= 15 is 0 Å². The molecular formula is C20H30N2O4. The first kappa shape index (κ1) is 20.1. The van der Waals surface area contributed by atoms with Crippen LogP contribution in [0.25, 0.3) is 0 Å². The van der Waals surface area contributed by atoms with Crippen molar-refractivity contribution in [2.75, 3.05) is 20.8 Å². The van der Waals surface area contributed by atoms with Crippen LogP contribution in [0.1, 0.15) is 51.5 Å². The molecule has 1 aromatic carbocycles. The number of hydrogen-bond donors (Lipinski definition) is 0. The number of amides is 1. The Kier molecular flexibility index (Phi) is 7.75. The Balaban J connectivity index is 1.91. The van der Waals surface area contributed by atoms with Crippen molar-refractivity contribution >= 4 is 12.1 Å². The number of methoxy groups -OCH3 is 1. The molecule has 1 aliphatic rings. The molecule has 1 atom stereocenters. The monoisotopic (exact) mass is 362 g/mol.